The van der Waals surface area contributed by atoms with Crippen LogP contribution in [0.4, 0.5) is 9.59 Å². The van der Waals surface area contributed by atoms with Gasteiger partial charge in [-0.15, -0.1) is 11.3 Å². The highest BCUT2D eigenvalue weighted by Crippen LogP contribution is 2.19. The molecule has 0 aliphatic rings. The van der Waals surface area contributed by atoms with Crippen LogP contribution in [0.1, 0.15) is 56.1 Å². The van der Waals surface area contributed by atoms with Gasteiger partial charge in [0.1, 0.15) is 16.1 Å². The Morgan fingerprint density at radius 3 is 1.96 bits per heavy atom. The zero-order valence-corrected chi connectivity index (χ0v) is 17.6. The van der Waals surface area contributed by atoms with E-state index in [1.165, 1.54) is 18.4 Å². The van der Waals surface area contributed by atoms with Crippen LogP contribution in [0.2, 0.25) is 0 Å². The van der Waals surface area contributed by atoms with Gasteiger partial charge in [0.2, 0.25) is 0 Å². The summed E-state index contributed by atoms with van der Waals surface area (Å²) in [7, 11) is 1.32. The number of nitrogens with zero attached hydrogens (tertiary/aromatic N) is 1. The van der Waals surface area contributed by atoms with E-state index in [2.05, 4.69) is 4.74 Å². The lowest BCUT2D eigenvalue weighted by atomic mass is 10.2. The van der Waals surface area contributed by atoms with Crippen molar-refractivity contribution in [3.63, 3.8) is 0 Å². The van der Waals surface area contributed by atoms with E-state index in [9.17, 15) is 14.4 Å². The lowest BCUT2D eigenvalue weighted by Crippen LogP contribution is -2.43. The SMILES string of the molecule is COC(=O)c1ccc(/C=C/CN(C(=O)OC(C)(C)C)C(=O)OC(C)(C)C)s1. The zero-order chi connectivity index (χ0) is 20.8. The summed E-state index contributed by atoms with van der Waals surface area (Å²) >= 11 is 1.24. The average molecular weight is 397 g/mol. The van der Waals surface area contributed by atoms with Gasteiger partial charge in [0, 0.05) is 4.88 Å². The largest absolute Gasteiger partial charge is 0.465 e. The number of amides is 2. The zero-order valence-electron chi connectivity index (χ0n) is 16.8. The van der Waals surface area contributed by atoms with Crippen LogP contribution in [-0.2, 0) is 14.2 Å². The van der Waals surface area contributed by atoms with Gasteiger partial charge >= 0.3 is 18.2 Å². The fourth-order valence-electron chi connectivity index (χ4n) is 1.78. The Bertz CT molecular complexity index is 681. The number of carbonyl (C=O) groups is 3. The van der Waals surface area contributed by atoms with E-state index >= 15 is 0 Å². The lowest BCUT2D eigenvalue weighted by molar-refractivity contribution is 0.00374. The van der Waals surface area contributed by atoms with Gasteiger partial charge in [0.15, 0.2) is 0 Å². The Morgan fingerprint density at radius 2 is 1.52 bits per heavy atom. The van der Waals surface area contributed by atoms with Crippen LogP contribution >= 0.6 is 11.3 Å². The number of hydrogen-bond donors (Lipinski definition) is 0. The molecule has 0 atom stereocenters. The fourth-order valence-corrected chi connectivity index (χ4v) is 2.64. The molecule has 0 spiro atoms. The summed E-state index contributed by atoms with van der Waals surface area (Å²) in [5.41, 5.74) is -1.49. The van der Waals surface area contributed by atoms with Crippen molar-refractivity contribution in [2.75, 3.05) is 13.7 Å². The van der Waals surface area contributed by atoms with Crippen LogP contribution in [0.3, 0.4) is 0 Å². The molecule has 1 rings (SSSR count). The normalized spacial score (nSPS) is 12.0. The van der Waals surface area contributed by atoms with E-state index in [-0.39, 0.29) is 6.54 Å². The molecular weight excluding hydrogens is 370 g/mol. The molecule has 27 heavy (non-hydrogen) atoms. The molecule has 1 aromatic rings. The van der Waals surface area contributed by atoms with Gasteiger partial charge in [-0.25, -0.2) is 19.3 Å². The Hall–Kier alpha value is -2.35. The van der Waals surface area contributed by atoms with Crippen molar-refractivity contribution in [3.8, 4) is 0 Å². The Kier molecular flexibility index (Phi) is 7.59. The first-order valence-corrected chi connectivity index (χ1v) is 9.22. The van der Waals surface area contributed by atoms with Crippen LogP contribution in [0.25, 0.3) is 6.08 Å². The van der Waals surface area contributed by atoms with E-state index in [1.807, 2.05) is 0 Å². The van der Waals surface area contributed by atoms with E-state index in [4.69, 9.17) is 9.47 Å². The molecule has 0 aliphatic carbocycles. The molecule has 8 heteroatoms. The third-order valence-electron chi connectivity index (χ3n) is 2.81. The molecule has 1 aromatic heterocycles. The third-order valence-corrected chi connectivity index (χ3v) is 3.84. The van der Waals surface area contributed by atoms with Crippen molar-refractivity contribution in [2.45, 2.75) is 52.7 Å². The molecule has 0 bridgehead atoms. The smallest absolute Gasteiger partial charge is 0.420 e. The van der Waals surface area contributed by atoms with E-state index in [1.54, 1.807) is 65.8 Å². The molecule has 0 fully saturated rings. The van der Waals surface area contributed by atoms with Crippen LogP contribution in [0.15, 0.2) is 18.2 Å². The summed E-state index contributed by atoms with van der Waals surface area (Å²) in [5, 5.41) is 0. The van der Waals surface area contributed by atoms with Crippen molar-refractivity contribution in [2.24, 2.45) is 0 Å². The van der Waals surface area contributed by atoms with Gasteiger partial charge in [0.25, 0.3) is 0 Å². The first-order valence-electron chi connectivity index (χ1n) is 8.40. The minimum Gasteiger partial charge on any atom is -0.465 e. The number of carbonyl (C=O) groups excluding carboxylic acids is 3. The van der Waals surface area contributed by atoms with Crippen LogP contribution in [0, 0.1) is 0 Å². The fraction of sp³-hybridized carbons (Fsp3) is 0.526. The predicted molar refractivity (Wildman–Crippen MR) is 104 cm³/mol. The molecule has 2 amide bonds. The van der Waals surface area contributed by atoms with Gasteiger partial charge in [-0.1, -0.05) is 6.08 Å². The first kappa shape index (κ1) is 22.7. The van der Waals surface area contributed by atoms with E-state index in [0.29, 0.717) is 4.88 Å². The second-order valence-electron chi connectivity index (χ2n) is 7.67. The molecule has 0 aliphatic heterocycles. The van der Waals surface area contributed by atoms with Gasteiger partial charge in [-0.05, 0) is 59.8 Å². The highest BCUT2D eigenvalue weighted by atomic mass is 32.1. The van der Waals surface area contributed by atoms with Crippen LogP contribution in [0.5, 0.6) is 0 Å². The second-order valence-corrected chi connectivity index (χ2v) is 8.78. The molecule has 1 heterocycles. The summed E-state index contributed by atoms with van der Waals surface area (Å²) in [4.78, 5) is 38.4. The van der Waals surface area contributed by atoms with Gasteiger partial charge < -0.3 is 14.2 Å². The summed E-state index contributed by atoms with van der Waals surface area (Å²) < 4.78 is 15.2. The van der Waals surface area contributed by atoms with Crippen LogP contribution in [-0.4, -0.2) is 47.9 Å². The molecule has 0 saturated heterocycles. The third kappa shape index (κ3) is 8.25. The van der Waals surface area contributed by atoms with Crippen molar-refractivity contribution in [1.82, 2.24) is 4.90 Å². The highest BCUT2D eigenvalue weighted by molar-refractivity contribution is 7.14. The Labute approximate surface area is 163 Å². The molecule has 0 radical (unpaired) electrons. The van der Waals surface area contributed by atoms with Gasteiger partial charge in [-0.2, -0.15) is 0 Å². The monoisotopic (exact) mass is 397 g/mol. The number of methoxy groups -OCH3 is 1. The summed E-state index contributed by atoms with van der Waals surface area (Å²) in [5.74, 6) is -0.413. The summed E-state index contributed by atoms with van der Waals surface area (Å²) in [6.45, 7) is 10.3. The maximum absolute atomic E-state index is 12.4. The number of esters is 1. The van der Waals surface area contributed by atoms with Gasteiger partial charge in [0.05, 0.1) is 13.7 Å². The quantitative estimate of drug-likeness (QED) is 0.540. The molecule has 0 aromatic carbocycles. The van der Waals surface area contributed by atoms with Gasteiger partial charge in [-0.3, -0.25) is 0 Å². The summed E-state index contributed by atoms with van der Waals surface area (Å²) in [6, 6.07) is 3.40. The molecular formula is C19H27NO6S. The first-order chi connectivity index (χ1) is 12.3. The number of thiophene rings is 1. The standard InChI is InChI=1S/C19H27NO6S/c1-18(2,3)25-16(22)20(17(23)26-19(4,5)6)12-8-9-13-10-11-14(27-13)15(21)24-7/h8-11H,12H2,1-7H3/b9-8+. The van der Waals surface area contributed by atoms with Crippen LogP contribution < -0.4 is 0 Å². The van der Waals surface area contributed by atoms with Crippen molar-refractivity contribution in [3.05, 3.63) is 28.0 Å². The molecule has 0 N–H and O–H groups in total. The molecule has 0 unspecified atom stereocenters. The number of hydrogen-bond acceptors (Lipinski definition) is 7. The topological polar surface area (TPSA) is 82.1 Å². The minimum absolute atomic E-state index is 0.0325. The molecule has 7 nitrogen and oxygen atoms in total. The minimum atomic E-state index is -0.789. The maximum atomic E-state index is 12.4. The highest BCUT2D eigenvalue weighted by Gasteiger charge is 2.30. The Balaban J connectivity index is 2.89. The number of ether oxygens (including phenoxy) is 3. The number of rotatable bonds is 4. The van der Waals surface area contributed by atoms with Crippen molar-refractivity contribution >= 4 is 35.6 Å². The molecule has 0 saturated carbocycles. The Morgan fingerprint density at radius 1 is 1.00 bits per heavy atom. The van der Waals surface area contributed by atoms with E-state index in [0.717, 1.165) is 9.78 Å². The van der Waals surface area contributed by atoms with Crippen molar-refractivity contribution < 1.29 is 28.6 Å². The second kappa shape index (κ2) is 9.03. The molecule has 150 valence electrons. The lowest BCUT2D eigenvalue weighted by Gasteiger charge is -2.28. The predicted octanol–water partition coefficient (Wildman–Crippen LogP) is 4.72. The summed E-state index contributed by atoms with van der Waals surface area (Å²) in [6.07, 6.45) is 1.75. The van der Waals surface area contributed by atoms with Crippen molar-refractivity contribution in [1.29, 1.82) is 0 Å². The van der Waals surface area contributed by atoms with E-state index < -0.39 is 29.4 Å². The number of imide groups is 1. The average Bonchev–Trinajstić information content (AvgIpc) is 2.95. The maximum Gasteiger partial charge on any atom is 0.420 e.